The molecule has 2 aliphatic carbocycles. The van der Waals surface area contributed by atoms with Crippen molar-refractivity contribution in [3.8, 4) is 17.2 Å². The van der Waals surface area contributed by atoms with Crippen LogP contribution in [0.15, 0.2) is 48.7 Å². The second-order valence-corrected chi connectivity index (χ2v) is 11.4. The van der Waals surface area contributed by atoms with Gasteiger partial charge in [-0.05, 0) is 66.1 Å². The van der Waals surface area contributed by atoms with Crippen LogP contribution in [0, 0.1) is 5.92 Å². The number of aromatic amines is 1. The Balaban J connectivity index is 1.18. The molecule has 3 unspecified atom stereocenters. The average Bonchev–Trinajstić information content (AvgIpc) is 3.66. The number of rotatable bonds is 4. The molecule has 36 heavy (non-hydrogen) atoms. The first-order valence-electron chi connectivity index (χ1n) is 12.5. The molecular formula is C29H28N4O3. The second kappa shape index (κ2) is 7.09. The lowest BCUT2D eigenvalue weighted by molar-refractivity contribution is -0.116. The van der Waals surface area contributed by atoms with Crippen LogP contribution >= 0.6 is 0 Å². The highest BCUT2D eigenvalue weighted by atomic mass is 16.5. The van der Waals surface area contributed by atoms with E-state index in [9.17, 15) is 9.90 Å². The minimum absolute atomic E-state index is 0.0301. The zero-order valence-corrected chi connectivity index (χ0v) is 20.6. The van der Waals surface area contributed by atoms with E-state index in [1.165, 1.54) is 5.56 Å². The van der Waals surface area contributed by atoms with Gasteiger partial charge in [0.25, 0.3) is 0 Å². The van der Waals surface area contributed by atoms with Crippen molar-refractivity contribution in [1.29, 1.82) is 0 Å². The van der Waals surface area contributed by atoms with Crippen LogP contribution in [0.5, 0.6) is 17.2 Å². The Labute approximate surface area is 208 Å². The first-order chi connectivity index (χ1) is 17.2. The van der Waals surface area contributed by atoms with Crippen LogP contribution in [0.3, 0.4) is 0 Å². The molecule has 7 rings (SSSR count). The molecule has 3 N–H and O–H groups in total. The van der Waals surface area contributed by atoms with Gasteiger partial charge in [0, 0.05) is 35.1 Å². The van der Waals surface area contributed by atoms with E-state index < -0.39 is 0 Å². The number of H-pyrrole nitrogens is 1. The molecule has 7 nitrogen and oxygen atoms in total. The summed E-state index contributed by atoms with van der Waals surface area (Å²) in [6.07, 6.45) is 3.72. The smallest absolute Gasteiger partial charge is 0.225 e. The van der Waals surface area contributed by atoms with Gasteiger partial charge in [0.15, 0.2) is 0 Å². The number of carbonyl (C=O) groups is 1. The third kappa shape index (κ3) is 3.15. The van der Waals surface area contributed by atoms with E-state index in [0.29, 0.717) is 36.1 Å². The van der Waals surface area contributed by atoms with Gasteiger partial charge in [-0.25, -0.2) is 9.97 Å². The average molecular weight is 481 g/mol. The molecule has 0 radical (unpaired) electrons. The summed E-state index contributed by atoms with van der Waals surface area (Å²) in [7, 11) is 0. The van der Waals surface area contributed by atoms with Crippen LogP contribution in [0.4, 0.5) is 5.82 Å². The van der Waals surface area contributed by atoms with E-state index in [1.807, 2.05) is 12.1 Å². The standard InChI is InChI=1S/C29H28N4O3/c1-28(2,3)15-4-7-20-21(12-15)32-27(31-20)29-14-19(29)25(29)18-13-16(5-8-22(18)34)36-23-10-11-30-26-17(23)6-9-24(35)33-26/h4-5,7-8,10-13,19,25,34H,6,9,14H2,1-3H3,(H,31,32)(H,30,33,35). The minimum atomic E-state index is -0.0306. The summed E-state index contributed by atoms with van der Waals surface area (Å²) in [6.45, 7) is 6.65. The maximum Gasteiger partial charge on any atom is 0.225 e. The maximum absolute atomic E-state index is 11.7. The van der Waals surface area contributed by atoms with Crippen molar-refractivity contribution in [2.24, 2.45) is 5.92 Å². The zero-order chi connectivity index (χ0) is 24.8. The number of hydrogen-bond acceptors (Lipinski definition) is 5. The predicted octanol–water partition coefficient (Wildman–Crippen LogP) is 5.69. The number of amides is 1. The van der Waals surface area contributed by atoms with Crippen molar-refractivity contribution in [3.05, 3.63) is 71.2 Å². The lowest BCUT2D eigenvalue weighted by Gasteiger charge is -2.19. The molecule has 0 bridgehead atoms. The van der Waals surface area contributed by atoms with Crippen molar-refractivity contribution in [2.75, 3.05) is 5.32 Å². The number of aromatic hydroxyl groups is 1. The van der Waals surface area contributed by atoms with Crippen molar-refractivity contribution in [3.63, 3.8) is 0 Å². The summed E-state index contributed by atoms with van der Waals surface area (Å²) in [5.74, 6) is 3.87. The summed E-state index contributed by atoms with van der Waals surface area (Å²) in [5.41, 5.74) is 5.18. The van der Waals surface area contributed by atoms with Crippen molar-refractivity contribution >= 4 is 22.8 Å². The number of nitrogens with one attached hydrogen (secondary N) is 2. The lowest BCUT2D eigenvalue weighted by atomic mass is 9.87. The van der Waals surface area contributed by atoms with Crippen LogP contribution in [-0.4, -0.2) is 26.0 Å². The minimum Gasteiger partial charge on any atom is -0.508 e. The SMILES string of the molecule is CC(C)(C)c1ccc2nc(C34CC3C4c3cc(Oc4ccnc5c4CCC(=O)N5)ccc3O)[nH]c2c1. The Morgan fingerprint density at radius 3 is 2.78 bits per heavy atom. The summed E-state index contributed by atoms with van der Waals surface area (Å²) in [6, 6.07) is 13.7. The molecular weight excluding hydrogens is 452 g/mol. The van der Waals surface area contributed by atoms with E-state index in [1.54, 1.807) is 18.3 Å². The largest absolute Gasteiger partial charge is 0.508 e. The first kappa shape index (κ1) is 21.4. The van der Waals surface area contributed by atoms with Gasteiger partial charge in [-0.1, -0.05) is 26.8 Å². The Bertz CT molecular complexity index is 1570. The van der Waals surface area contributed by atoms with E-state index in [-0.39, 0.29) is 28.4 Å². The highest BCUT2D eigenvalue weighted by Gasteiger charge is 2.81. The van der Waals surface area contributed by atoms with Gasteiger partial charge < -0.3 is 20.1 Å². The number of anilines is 1. The molecule has 1 aliphatic heterocycles. The van der Waals surface area contributed by atoms with Crippen LogP contribution in [0.2, 0.25) is 0 Å². The molecule has 3 atom stereocenters. The van der Waals surface area contributed by atoms with Gasteiger partial charge in [-0.3, -0.25) is 4.79 Å². The van der Waals surface area contributed by atoms with E-state index >= 15 is 0 Å². The van der Waals surface area contributed by atoms with Gasteiger partial charge in [0.05, 0.1) is 11.0 Å². The number of fused-ring (bicyclic) bond motifs is 3. The Morgan fingerprint density at radius 2 is 1.97 bits per heavy atom. The number of aromatic nitrogens is 3. The molecule has 7 heteroatoms. The third-order valence-corrected chi connectivity index (χ3v) is 8.13. The van der Waals surface area contributed by atoms with Gasteiger partial charge >= 0.3 is 0 Å². The molecule has 0 saturated heterocycles. The summed E-state index contributed by atoms with van der Waals surface area (Å²) < 4.78 is 6.24. The van der Waals surface area contributed by atoms with Crippen LogP contribution in [0.1, 0.15) is 62.0 Å². The summed E-state index contributed by atoms with van der Waals surface area (Å²) in [4.78, 5) is 24.6. The number of phenols is 1. The fraction of sp³-hybridized carbons (Fsp3) is 0.345. The van der Waals surface area contributed by atoms with Crippen molar-refractivity contribution < 1.29 is 14.6 Å². The lowest BCUT2D eigenvalue weighted by Crippen LogP contribution is -2.20. The van der Waals surface area contributed by atoms with E-state index in [2.05, 4.69) is 54.3 Å². The fourth-order valence-electron chi connectivity index (χ4n) is 5.84. The van der Waals surface area contributed by atoms with Gasteiger partial charge in [-0.15, -0.1) is 0 Å². The third-order valence-electron chi connectivity index (χ3n) is 8.13. The molecule has 182 valence electrons. The highest BCUT2D eigenvalue weighted by molar-refractivity contribution is 5.93. The molecule has 1 amide bonds. The summed E-state index contributed by atoms with van der Waals surface area (Å²) >= 11 is 0. The van der Waals surface area contributed by atoms with E-state index in [0.717, 1.165) is 34.4 Å². The Hall–Kier alpha value is -3.87. The number of hydrogen-bond donors (Lipinski definition) is 3. The van der Waals surface area contributed by atoms with Gasteiger partial charge in [0.1, 0.15) is 28.9 Å². The summed E-state index contributed by atoms with van der Waals surface area (Å²) in [5, 5.41) is 13.6. The van der Waals surface area contributed by atoms with Gasteiger partial charge in [0.2, 0.25) is 5.91 Å². The maximum atomic E-state index is 11.7. The molecule has 4 aromatic rings. The highest BCUT2D eigenvalue weighted by Crippen LogP contribution is 2.84. The molecule has 2 fully saturated rings. The number of benzene rings is 2. The number of carbonyl (C=O) groups excluding carboxylic acids is 1. The van der Waals surface area contributed by atoms with Crippen LogP contribution in [-0.2, 0) is 22.0 Å². The van der Waals surface area contributed by atoms with Gasteiger partial charge in [-0.2, -0.15) is 0 Å². The monoisotopic (exact) mass is 480 g/mol. The van der Waals surface area contributed by atoms with Crippen LogP contribution < -0.4 is 10.1 Å². The zero-order valence-electron chi connectivity index (χ0n) is 20.6. The molecule has 3 heterocycles. The second-order valence-electron chi connectivity index (χ2n) is 11.4. The fourth-order valence-corrected chi connectivity index (χ4v) is 5.84. The quantitative estimate of drug-likeness (QED) is 0.348. The number of pyridine rings is 1. The van der Waals surface area contributed by atoms with Crippen molar-refractivity contribution in [1.82, 2.24) is 15.0 Å². The Kier molecular flexibility index (Phi) is 4.22. The number of nitrogens with zero attached hydrogens (tertiary/aromatic N) is 2. The van der Waals surface area contributed by atoms with Crippen LogP contribution in [0.25, 0.3) is 11.0 Å². The molecule has 0 spiro atoms. The first-order valence-corrected chi connectivity index (χ1v) is 12.5. The number of phenolic OH excluding ortho intramolecular Hbond substituents is 1. The topological polar surface area (TPSA) is 100 Å². The predicted molar refractivity (Wildman–Crippen MR) is 137 cm³/mol. The van der Waals surface area contributed by atoms with E-state index in [4.69, 9.17) is 9.72 Å². The number of ether oxygens (including phenoxy) is 1. The normalized spacial score (nSPS) is 24.1. The Morgan fingerprint density at radius 1 is 1.11 bits per heavy atom. The molecule has 3 aliphatic rings. The van der Waals surface area contributed by atoms with Crippen molar-refractivity contribution in [2.45, 2.75) is 56.8 Å². The number of imidazole rings is 1. The molecule has 2 aromatic heterocycles. The molecule has 2 aromatic carbocycles. The molecule has 2 saturated carbocycles.